The van der Waals surface area contributed by atoms with Gasteiger partial charge >= 0.3 is 5.76 Å². The van der Waals surface area contributed by atoms with Crippen LogP contribution in [0.15, 0.2) is 38.4 Å². The summed E-state index contributed by atoms with van der Waals surface area (Å²) in [6.45, 7) is 2.05. The third-order valence-electron chi connectivity index (χ3n) is 2.33. The monoisotopic (exact) mass is 269 g/mol. The highest BCUT2D eigenvalue weighted by Crippen LogP contribution is 2.23. The van der Waals surface area contributed by atoms with E-state index in [-0.39, 0.29) is 16.3 Å². The fourth-order valence-electron chi connectivity index (χ4n) is 1.51. The molecule has 0 fully saturated rings. The van der Waals surface area contributed by atoms with E-state index in [2.05, 4.69) is 5.10 Å². The number of aryl methyl sites for hydroxylation is 1. The van der Waals surface area contributed by atoms with E-state index in [1.165, 1.54) is 18.2 Å². The first-order valence-electron chi connectivity index (χ1n) is 5.13. The van der Waals surface area contributed by atoms with Gasteiger partial charge in [-0.1, -0.05) is 12.1 Å². The van der Waals surface area contributed by atoms with Crippen LogP contribution < -0.4 is 10.9 Å². The number of primary sulfonamides is 1. The fraction of sp³-hybridized carbons (Fsp3) is 0.200. The van der Waals surface area contributed by atoms with E-state index >= 15 is 0 Å². The third-order valence-corrected chi connectivity index (χ3v) is 3.30. The average Bonchev–Trinajstić information content (AvgIpc) is 2.69. The summed E-state index contributed by atoms with van der Waals surface area (Å²) in [6, 6.07) is 5.94. The summed E-state index contributed by atoms with van der Waals surface area (Å²) in [5.41, 5.74) is 0.171. The van der Waals surface area contributed by atoms with Crippen LogP contribution in [0.5, 0.6) is 0 Å². The minimum absolute atomic E-state index is 0.0634. The largest absolute Gasteiger partial charge is 0.437 e. The summed E-state index contributed by atoms with van der Waals surface area (Å²) in [5.74, 6) is -0.705. The molecule has 0 aliphatic carbocycles. The quantitative estimate of drug-likeness (QED) is 0.854. The third kappa shape index (κ3) is 2.20. The molecular formula is C10H11N3O4S. The first-order valence-corrected chi connectivity index (χ1v) is 6.68. The van der Waals surface area contributed by atoms with Gasteiger partial charge in [0.1, 0.15) is 0 Å². The van der Waals surface area contributed by atoms with Gasteiger partial charge in [-0.15, -0.1) is 5.10 Å². The van der Waals surface area contributed by atoms with Crippen molar-refractivity contribution in [2.75, 3.05) is 0 Å². The van der Waals surface area contributed by atoms with Gasteiger partial charge in [-0.25, -0.2) is 18.4 Å². The Kier molecular flexibility index (Phi) is 3.05. The van der Waals surface area contributed by atoms with Crippen molar-refractivity contribution in [1.29, 1.82) is 0 Å². The Morgan fingerprint density at radius 1 is 1.39 bits per heavy atom. The van der Waals surface area contributed by atoms with Crippen LogP contribution in [0.1, 0.15) is 6.92 Å². The van der Waals surface area contributed by atoms with Gasteiger partial charge in [0.15, 0.2) is 0 Å². The lowest BCUT2D eigenvalue weighted by Crippen LogP contribution is -2.14. The Bertz CT molecular complexity index is 730. The standard InChI is InChI=1S/C10H11N3O4S/c1-2-13-10(14)17-9(12-13)7-5-3-4-6-8(7)18(11,15)16/h3-6H,2H2,1H3,(H2,11,15,16). The molecule has 0 spiro atoms. The Hall–Kier alpha value is -1.93. The van der Waals surface area contributed by atoms with Crippen molar-refractivity contribution in [2.24, 2.45) is 5.14 Å². The number of nitrogens with two attached hydrogens (primary N) is 1. The van der Waals surface area contributed by atoms with Crippen molar-refractivity contribution < 1.29 is 12.8 Å². The van der Waals surface area contributed by atoms with E-state index in [1.807, 2.05) is 0 Å². The first-order chi connectivity index (χ1) is 8.43. The normalized spacial score (nSPS) is 11.7. The second kappa shape index (κ2) is 4.39. The van der Waals surface area contributed by atoms with Crippen LogP contribution in [0.4, 0.5) is 0 Å². The van der Waals surface area contributed by atoms with Crippen molar-refractivity contribution >= 4 is 10.0 Å². The number of nitrogens with zero attached hydrogens (tertiary/aromatic N) is 2. The summed E-state index contributed by atoms with van der Waals surface area (Å²) >= 11 is 0. The van der Waals surface area contributed by atoms with Crippen molar-refractivity contribution in [3.63, 3.8) is 0 Å². The highest BCUT2D eigenvalue weighted by Gasteiger charge is 2.19. The molecule has 0 radical (unpaired) electrons. The topological polar surface area (TPSA) is 108 Å². The van der Waals surface area contributed by atoms with Crippen LogP contribution in [0.2, 0.25) is 0 Å². The van der Waals surface area contributed by atoms with Crippen LogP contribution in [-0.2, 0) is 16.6 Å². The average molecular weight is 269 g/mol. The molecule has 8 heteroatoms. The van der Waals surface area contributed by atoms with Crippen LogP contribution in [0.3, 0.4) is 0 Å². The van der Waals surface area contributed by atoms with Crippen molar-refractivity contribution in [3.05, 3.63) is 34.8 Å². The second-order valence-corrected chi connectivity index (χ2v) is 5.06. The summed E-state index contributed by atoms with van der Waals surface area (Å²) in [5, 5.41) is 8.98. The minimum Gasteiger partial charge on any atom is -0.388 e. The molecule has 2 rings (SSSR count). The molecule has 1 aromatic heterocycles. The van der Waals surface area contributed by atoms with Crippen LogP contribution in [-0.4, -0.2) is 18.2 Å². The van der Waals surface area contributed by atoms with E-state index < -0.39 is 15.8 Å². The zero-order chi connectivity index (χ0) is 13.3. The molecule has 0 saturated heterocycles. The van der Waals surface area contributed by atoms with Crippen molar-refractivity contribution in [3.8, 4) is 11.5 Å². The lowest BCUT2D eigenvalue weighted by molar-refractivity contribution is 0.489. The van der Waals surface area contributed by atoms with Crippen molar-refractivity contribution in [2.45, 2.75) is 18.4 Å². The molecule has 0 unspecified atom stereocenters. The molecule has 1 heterocycles. The molecule has 18 heavy (non-hydrogen) atoms. The molecule has 2 N–H and O–H groups in total. The van der Waals surface area contributed by atoms with Gasteiger partial charge in [-0.05, 0) is 19.1 Å². The van der Waals surface area contributed by atoms with Gasteiger partial charge in [0.2, 0.25) is 10.0 Å². The maximum Gasteiger partial charge on any atom is 0.437 e. The van der Waals surface area contributed by atoms with E-state index in [4.69, 9.17) is 9.56 Å². The molecule has 7 nitrogen and oxygen atoms in total. The SMILES string of the molecule is CCn1nc(-c2ccccc2S(N)(=O)=O)oc1=O. The molecule has 0 aliphatic rings. The van der Waals surface area contributed by atoms with E-state index in [9.17, 15) is 13.2 Å². The maximum atomic E-state index is 11.4. The van der Waals surface area contributed by atoms with Gasteiger partial charge in [0.25, 0.3) is 5.89 Å². The molecule has 0 bridgehead atoms. The molecule has 0 atom stereocenters. The van der Waals surface area contributed by atoms with E-state index in [1.54, 1.807) is 13.0 Å². The zero-order valence-electron chi connectivity index (χ0n) is 9.53. The Morgan fingerprint density at radius 3 is 2.61 bits per heavy atom. The van der Waals surface area contributed by atoms with Gasteiger partial charge in [0, 0.05) is 6.54 Å². The number of rotatable bonds is 3. The van der Waals surface area contributed by atoms with Crippen molar-refractivity contribution in [1.82, 2.24) is 9.78 Å². The zero-order valence-corrected chi connectivity index (χ0v) is 10.3. The smallest absolute Gasteiger partial charge is 0.388 e. The van der Waals surface area contributed by atoms with E-state index in [0.29, 0.717) is 6.54 Å². The first kappa shape index (κ1) is 12.5. The summed E-state index contributed by atoms with van der Waals surface area (Å²) in [6.07, 6.45) is 0. The Morgan fingerprint density at radius 2 is 2.06 bits per heavy atom. The van der Waals surface area contributed by atoms with Gasteiger partial charge in [0.05, 0.1) is 10.5 Å². The lowest BCUT2D eigenvalue weighted by atomic mass is 10.2. The molecule has 0 aliphatic heterocycles. The molecular weight excluding hydrogens is 258 g/mol. The second-order valence-electron chi connectivity index (χ2n) is 3.53. The van der Waals surface area contributed by atoms with Gasteiger partial charge in [-0.3, -0.25) is 0 Å². The lowest BCUT2D eigenvalue weighted by Gasteiger charge is -2.02. The Balaban J connectivity index is 2.68. The predicted molar refractivity (Wildman–Crippen MR) is 63.2 cm³/mol. The van der Waals surface area contributed by atoms with E-state index in [0.717, 1.165) is 4.68 Å². The minimum atomic E-state index is -3.90. The van der Waals surface area contributed by atoms with Crippen LogP contribution >= 0.6 is 0 Å². The summed E-state index contributed by atoms with van der Waals surface area (Å²) in [4.78, 5) is 11.2. The highest BCUT2D eigenvalue weighted by molar-refractivity contribution is 7.89. The molecule has 2 aromatic rings. The highest BCUT2D eigenvalue weighted by atomic mass is 32.2. The number of aromatic nitrogens is 2. The number of benzene rings is 1. The maximum absolute atomic E-state index is 11.4. The molecule has 0 amide bonds. The van der Waals surface area contributed by atoms with Gasteiger partial charge in [-0.2, -0.15) is 4.68 Å². The summed E-state index contributed by atoms with van der Waals surface area (Å²) < 4.78 is 28.8. The number of sulfonamides is 1. The number of hydrogen-bond donors (Lipinski definition) is 1. The van der Waals surface area contributed by atoms with Crippen LogP contribution in [0, 0.1) is 0 Å². The molecule has 0 saturated carbocycles. The van der Waals surface area contributed by atoms with Crippen LogP contribution in [0.25, 0.3) is 11.5 Å². The summed E-state index contributed by atoms with van der Waals surface area (Å²) in [7, 11) is -3.90. The Labute approximate surface area is 103 Å². The predicted octanol–water partition coefficient (Wildman–Crippen LogP) is 0.171. The van der Waals surface area contributed by atoms with Gasteiger partial charge < -0.3 is 4.42 Å². The molecule has 96 valence electrons. The fourth-order valence-corrected chi connectivity index (χ4v) is 2.24. The number of hydrogen-bond acceptors (Lipinski definition) is 5. The molecule has 1 aromatic carbocycles.